The van der Waals surface area contributed by atoms with Crippen LogP contribution in [-0.4, -0.2) is 30.5 Å². The number of amides is 2. The maximum Gasteiger partial charge on any atom is 0.336 e. The van der Waals surface area contributed by atoms with E-state index < -0.39 is 17.8 Å². The van der Waals surface area contributed by atoms with E-state index in [4.69, 9.17) is 27.9 Å². The van der Waals surface area contributed by atoms with Crippen LogP contribution in [0.3, 0.4) is 0 Å². The first kappa shape index (κ1) is 24.7. The van der Waals surface area contributed by atoms with Crippen LogP contribution in [-0.2, 0) is 9.59 Å². The van der Waals surface area contributed by atoms with Gasteiger partial charge in [0, 0.05) is 11.6 Å². The summed E-state index contributed by atoms with van der Waals surface area (Å²) in [7, 11) is 0. The molecular formula is C25H19Cl2N3O4. The van der Waals surface area contributed by atoms with Crippen LogP contribution in [0.15, 0.2) is 84.0 Å². The molecule has 0 saturated heterocycles. The highest BCUT2D eigenvalue weighted by Gasteiger charge is 2.09. The molecule has 0 aromatic heterocycles. The first-order valence-electron chi connectivity index (χ1n) is 10.0. The predicted octanol–water partition coefficient (Wildman–Crippen LogP) is 4.49. The fourth-order valence-electron chi connectivity index (χ4n) is 2.62. The molecule has 0 aliphatic carbocycles. The first-order chi connectivity index (χ1) is 16.4. The molecule has 7 nitrogen and oxygen atoms in total. The molecule has 2 amide bonds. The van der Waals surface area contributed by atoms with Crippen LogP contribution in [0.4, 0.5) is 0 Å². The number of halogens is 2. The number of nitrogens with zero attached hydrogens (tertiary/aromatic N) is 1. The summed E-state index contributed by atoms with van der Waals surface area (Å²) in [5.74, 6) is -1.11. The van der Waals surface area contributed by atoms with E-state index in [2.05, 4.69) is 15.8 Å². The van der Waals surface area contributed by atoms with Gasteiger partial charge < -0.3 is 10.1 Å². The number of esters is 1. The lowest BCUT2D eigenvalue weighted by atomic mass is 10.2. The molecular weight excluding hydrogens is 477 g/mol. The predicted molar refractivity (Wildman–Crippen MR) is 132 cm³/mol. The van der Waals surface area contributed by atoms with E-state index in [1.165, 1.54) is 30.5 Å². The van der Waals surface area contributed by atoms with Gasteiger partial charge in [-0.2, -0.15) is 5.10 Å². The number of benzene rings is 3. The molecule has 3 aromatic carbocycles. The van der Waals surface area contributed by atoms with Crippen LogP contribution in [0.25, 0.3) is 6.08 Å². The minimum atomic E-state index is -0.514. The number of nitrogens with one attached hydrogen (secondary N) is 2. The molecule has 0 unspecified atom stereocenters. The molecule has 0 saturated carbocycles. The quantitative estimate of drug-likeness (QED) is 0.158. The van der Waals surface area contributed by atoms with Gasteiger partial charge in [-0.15, -0.1) is 0 Å². The summed E-state index contributed by atoms with van der Waals surface area (Å²) in [6.45, 7) is -0.276. The van der Waals surface area contributed by atoms with Gasteiger partial charge in [-0.25, -0.2) is 10.2 Å². The maximum absolute atomic E-state index is 12.1. The van der Waals surface area contributed by atoms with Gasteiger partial charge in [0.25, 0.3) is 11.8 Å². The SMILES string of the molecule is O=C(CNC(=O)c1ccc(Cl)c(Cl)c1)N/N=C\c1ccc(OC(=O)/C=C/c2ccccc2)cc1. The summed E-state index contributed by atoms with van der Waals surface area (Å²) in [4.78, 5) is 35.9. The molecule has 0 fully saturated rings. The van der Waals surface area contributed by atoms with Gasteiger partial charge in [0.2, 0.25) is 0 Å². The summed E-state index contributed by atoms with van der Waals surface area (Å²) < 4.78 is 5.24. The molecule has 34 heavy (non-hydrogen) atoms. The molecule has 0 radical (unpaired) electrons. The Hall–Kier alpha value is -3.94. The van der Waals surface area contributed by atoms with Crippen molar-refractivity contribution in [3.8, 4) is 5.75 Å². The summed E-state index contributed by atoms with van der Waals surface area (Å²) in [6, 6.07) is 20.4. The number of hydrazone groups is 1. The minimum absolute atomic E-state index is 0.243. The lowest BCUT2D eigenvalue weighted by Crippen LogP contribution is -2.34. The first-order valence-corrected chi connectivity index (χ1v) is 10.8. The van der Waals surface area contributed by atoms with Crippen molar-refractivity contribution in [2.75, 3.05) is 6.54 Å². The average molecular weight is 496 g/mol. The number of hydrogen-bond acceptors (Lipinski definition) is 5. The second-order valence-corrected chi connectivity index (χ2v) is 7.65. The Bertz CT molecular complexity index is 1230. The zero-order valence-corrected chi connectivity index (χ0v) is 19.2. The van der Waals surface area contributed by atoms with Gasteiger partial charge >= 0.3 is 5.97 Å². The highest BCUT2D eigenvalue weighted by Crippen LogP contribution is 2.22. The van der Waals surface area contributed by atoms with Gasteiger partial charge in [0.05, 0.1) is 22.8 Å². The Morgan fingerprint density at radius 2 is 1.62 bits per heavy atom. The van der Waals surface area contributed by atoms with E-state index in [0.717, 1.165) is 5.56 Å². The maximum atomic E-state index is 12.1. The summed E-state index contributed by atoms with van der Waals surface area (Å²) >= 11 is 11.7. The van der Waals surface area contributed by atoms with Crippen molar-refractivity contribution in [3.63, 3.8) is 0 Å². The van der Waals surface area contributed by atoms with Crippen molar-refractivity contribution in [1.29, 1.82) is 0 Å². The van der Waals surface area contributed by atoms with Gasteiger partial charge in [0.1, 0.15) is 5.75 Å². The van der Waals surface area contributed by atoms with E-state index in [9.17, 15) is 14.4 Å². The highest BCUT2D eigenvalue weighted by molar-refractivity contribution is 6.42. The zero-order chi connectivity index (χ0) is 24.3. The molecule has 0 spiro atoms. The highest BCUT2D eigenvalue weighted by atomic mass is 35.5. The summed E-state index contributed by atoms with van der Waals surface area (Å²) in [6.07, 6.45) is 4.43. The number of ether oxygens (including phenoxy) is 1. The van der Waals surface area contributed by atoms with Crippen LogP contribution >= 0.6 is 23.2 Å². The number of rotatable bonds is 8. The fraction of sp³-hybridized carbons (Fsp3) is 0.0400. The lowest BCUT2D eigenvalue weighted by Gasteiger charge is -2.05. The van der Waals surface area contributed by atoms with E-state index in [1.54, 1.807) is 30.3 Å². The van der Waals surface area contributed by atoms with Gasteiger partial charge in [0.15, 0.2) is 0 Å². The van der Waals surface area contributed by atoms with E-state index >= 15 is 0 Å². The van der Waals surface area contributed by atoms with Crippen LogP contribution in [0.2, 0.25) is 10.0 Å². The van der Waals surface area contributed by atoms with Crippen molar-refractivity contribution >= 4 is 53.3 Å². The second-order valence-electron chi connectivity index (χ2n) is 6.84. The van der Waals surface area contributed by atoms with Crippen molar-refractivity contribution in [2.24, 2.45) is 5.10 Å². The Balaban J connectivity index is 1.42. The van der Waals surface area contributed by atoms with Crippen LogP contribution in [0.1, 0.15) is 21.5 Å². The van der Waals surface area contributed by atoms with Crippen molar-refractivity contribution in [3.05, 3.63) is 106 Å². The van der Waals surface area contributed by atoms with E-state index in [-0.39, 0.29) is 17.1 Å². The Labute approximate surface area is 206 Å². The molecule has 0 aliphatic rings. The standard InChI is InChI=1S/C25H19Cl2N3O4/c26-21-12-9-19(14-22(21)27)25(33)28-16-23(31)30-29-15-18-6-10-20(11-7-18)34-24(32)13-8-17-4-2-1-3-5-17/h1-15H,16H2,(H,28,33)(H,30,31)/b13-8+,29-15-. The third kappa shape index (κ3) is 7.88. The Morgan fingerprint density at radius 1 is 0.882 bits per heavy atom. The van der Waals surface area contributed by atoms with Crippen LogP contribution in [0, 0.1) is 0 Å². The third-order valence-corrected chi connectivity index (χ3v) is 5.04. The van der Waals surface area contributed by atoms with Gasteiger partial charge in [-0.1, -0.05) is 53.5 Å². The largest absolute Gasteiger partial charge is 0.423 e. The molecule has 0 heterocycles. The van der Waals surface area contributed by atoms with Crippen molar-refractivity contribution in [1.82, 2.24) is 10.7 Å². The molecule has 0 aliphatic heterocycles. The van der Waals surface area contributed by atoms with Gasteiger partial charge in [-0.05, 0) is 59.7 Å². The topological polar surface area (TPSA) is 96.9 Å². The molecule has 0 atom stereocenters. The summed E-state index contributed by atoms with van der Waals surface area (Å²) in [5, 5.41) is 6.87. The Kier molecular flexibility index (Phi) is 8.96. The number of carbonyl (C=O) groups is 3. The molecule has 172 valence electrons. The fourth-order valence-corrected chi connectivity index (χ4v) is 2.92. The average Bonchev–Trinajstić information content (AvgIpc) is 2.84. The van der Waals surface area contributed by atoms with Crippen LogP contribution in [0.5, 0.6) is 5.75 Å². The molecule has 2 N–H and O–H groups in total. The lowest BCUT2D eigenvalue weighted by molar-refractivity contribution is -0.129. The van der Waals surface area contributed by atoms with Crippen molar-refractivity contribution < 1.29 is 19.1 Å². The molecule has 3 aromatic rings. The van der Waals surface area contributed by atoms with Crippen LogP contribution < -0.4 is 15.5 Å². The molecule has 0 bridgehead atoms. The monoisotopic (exact) mass is 495 g/mol. The summed E-state index contributed by atoms with van der Waals surface area (Å²) in [5.41, 5.74) is 4.15. The van der Waals surface area contributed by atoms with Gasteiger partial charge in [-0.3, -0.25) is 9.59 Å². The minimum Gasteiger partial charge on any atom is -0.423 e. The number of carbonyl (C=O) groups excluding carboxylic acids is 3. The zero-order valence-electron chi connectivity index (χ0n) is 17.7. The second kappa shape index (κ2) is 12.3. The number of hydrogen-bond donors (Lipinski definition) is 2. The van der Waals surface area contributed by atoms with Crippen molar-refractivity contribution in [2.45, 2.75) is 0 Å². The normalized spacial score (nSPS) is 10.9. The smallest absolute Gasteiger partial charge is 0.336 e. The molecule has 3 rings (SSSR count). The van der Waals surface area contributed by atoms with E-state index in [1.807, 2.05) is 30.3 Å². The van der Waals surface area contributed by atoms with E-state index in [0.29, 0.717) is 16.3 Å². The Morgan fingerprint density at radius 3 is 2.32 bits per heavy atom. The third-order valence-electron chi connectivity index (χ3n) is 4.30. The molecule has 9 heteroatoms.